The standard InChI is InChI=1S/C26H25NO5S/c1-31-24-13-7-2-8-17(24)15-33-16-23(25(28)29)27-26(30)32-14-22-20-11-5-3-9-18(20)19-10-4-6-12-21(19)22/h2-13,22-23H,14-16H2,1H3,(H,27,30)(H,28,29). The van der Waals surface area contributed by atoms with Crippen LogP contribution >= 0.6 is 11.8 Å². The van der Waals surface area contributed by atoms with Gasteiger partial charge in [0.2, 0.25) is 0 Å². The summed E-state index contributed by atoms with van der Waals surface area (Å²) in [6, 6.07) is 22.6. The number of rotatable bonds is 9. The molecule has 33 heavy (non-hydrogen) atoms. The zero-order valence-electron chi connectivity index (χ0n) is 18.2. The van der Waals surface area contributed by atoms with Crippen LogP contribution in [-0.4, -0.2) is 42.7 Å². The summed E-state index contributed by atoms with van der Waals surface area (Å²) in [6.07, 6.45) is -0.734. The van der Waals surface area contributed by atoms with E-state index in [2.05, 4.69) is 17.4 Å². The zero-order chi connectivity index (χ0) is 23.2. The Bertz CT molecular complexity index is 1100. The van der Waals surface area contributed by atoms with E-state index in [9.17, 15) is 14.7 Å². The normalized spacial score (nSPS) is 13.0. The number of carbonyl (C=O) groups excluding carboxylic acids is 1. The number of thioether (sulfide) groups is 1. The zero-order valence-corrected chi connectivity index (χ0v) is 19.0. The van der Waals surface area contributed by atoms with Gasteiger partial charge in [0.1, 0.15) is 18.4 Å². The van der Waals surface area contributed by atoms with E-state index in [4.69, 9.17) is 9.47 Å². The number of alkyl carbamates (subject to hydrolysis) is 1. The molecule has 2 N–H and O–H groups in total. The van der Waals surface area contributed by atoms with Gasteiger partial charge >= 0.3 is 12.1 Å². The Balaban J connectivity index is 1.34. The number of amides is 1. The topological polar surface area (TPSA) is 84.9 Å². The second-order valence-corrected chi connectivity index (χ2v) is 8.72. The average molecular weight is 464 g/mol. The summed E-state index contributed by atoms with van der Waals surface area (Å²) in [6.45, 7) is 0.139. The molecule has 0 saturated heterocycles. The molecule has 170 valence electrons. The van der Waals surface area contributed by atoms with Crippen molar-refractivity contribution in [1.82, 2.24) is 5.32 Å². The first-order chi connectivity index (χ1) is 16.1. The summed E-state index contributed by atoms with van der Waals surface area (Å²) in [5.74, 6) is 0.348. The van der Waals surface area contributed by atoms with E-state index in [-0.39, 0.29) is 18.3 Å². The lowest BCUT2D eigenvalue weighted by atomic mass is 9.98. The third kappa shape index (κ3) is 5.14. The van der Waals surface area contributed by atoms with E-state index < -0.39 is 18.1 Å². The maximum absolute atomic E-state index is 12.4. The third-order valence-corrected chi connectivity index (χ3v) is 6.75. The maximum Gasteiger partial charge on any atom is 0.407 e. The van der Waals surface area contributed by atoms with Gasteiger partial charge in [-0.2, -0.15) is 11.8 Å². The van der Waals surface area contributed by atoms with Gasteiger partial charge < -0.3 is 19.9 Å². The van der Waals surface area contributed by atoms with Gasteiger partial charge in [-0.25, -0.2) is 9.59 Å². The minimum atomic E-state index is -1.10. The molecule has 0 fully saturated rings. The van der Waals surface area contributed by atoms with Crippen molar-refractivity contribution in [2.24, 2.45) is 0 Å². The second kappa shape index (κ2) is 10.4. The predicted octanol–water partition coefficient (Wildman–Crippen LogP) is 4.92. The van der Waals surface area contributed by atoms with Crippen LogP contribution in [0.4, 0.5) is 4.79 Å². The first-order valence-corrected chi connectivity index (χ1v) is 11.8. The number of nitrogens with one attached hydrogen (secondary N) is 1. The number of aliphatic carboxylic acids is 1. The van der Waals surface area contributed by atoms with Crippen molar-refractivity contribution in [1.29, 1.82) is 0 Å². The molecule has 1 atom stereocenters. The number of hydrogen-bond donors (Lipinski definition) is 2. The maximum atomic E-state index is 12.4. The average Bonchev–Trinajstić information content (AvgIpc) is 3.16. The Morgan fingerprint density at radius 3 is 2.21 bits per heavy atom. The molecule has 0 saturated carbocycles. The van der Waals surface area contributed by atoms with E-state index in [1.54, 1.807) is 7.11 Å². The molecule has 4 rings (SSSR count). The van der Waals surface area contributed by atoms with Gasteiger partial charge in [-0.3, -0.25) is 0 Å². The molecule has 0 aliphatic heterocycles. The van der Waals surface area contributed by atoms with Crippen LogP contribution in [0, 0.1) is 0 Å². The van der Waals surface area contributed by atoms with Crippen molar-refractivity contribution in [2.75, 3.05) is 19.5 Å². The summed E-state index contributed by atoms with van der Waals surface area (Å²) in [5, 5.41) is 12.0. The van der Waals surface area contributed by atoms with Crippen LogP contribution in [0.2, 0.25) is 0 Å². The minimum Gasteiger partial charge on any atom is -0.496 e. The van der Waals surface area contributed by atoms with E-state index in [1.807, 2.05) is 60.7 Å². The number of carbonyl (C=O) groups is 2. The molecule has 3 aromatic carbocycles. The van der Waals surface area contributed by atoms with Crippen molar-refractivity contribution in [3.63, 3.8) is 0 Å². The van der Waals surface area contributed by atoms with Crippen LogP contribution < -0.4 is 10.1 Å². The van der Waals surface area contributed by atoms with E-state index in [0.29, 0.717) is 5.75 Å². The smallest absolute Gasteiger partial charge is 0.407 e. The summed E-state index contributed by atoms with van der Waals surface area (Å²) < 4.78 is 10.8. The van der Waals surface area contributed by atoms with Crippen molar-refractivity contribution >= 4 is 23.8 Å². The Morgan fingerprint density at radius 1 is 0.970 bits per heavy atom. The molecule has 7 heteroatoms. The molecule has 1 unspecified atom stereocenters. The Morgan fingerprint density at radius 2 is 1.58 bits per heavy atom. The molecule has 0 radical (unpaired) electrons. The first kappa shape index (κ1) is 22.7. The molecule has 3 aromatic rings. The number of ether oxygens (including phenoxy) is 2. The summed E-state index contributed by atoms with van der Waals surface area (Å²) >= 11 is 1.41. The molecular formula is C26H25NO5S. The van der Waals surface area contributed by atoms with Gasteiger partial charge in [0.05, 0.1) is 7.11 Å². The lowest BCUT2D eigenvalue weighted by Crippen LogP contribution is -2.43. The van der Waals surface area contributed by atoms with E-state index >= 15 is 0 Å². The number of carboxylic acid groups (broad SMARTS) is 1. The van der Waals surface area contributed by atoms with Crippen LogP contribution in [0.3, 0.4) is 0 Å². The van der Waals surface area contributed by atoms with E-state index in [1.165, 1.54) is 11.8 Å². The Labute approximate surface area is 196 Å². The molecule has 0 spiro atoms. The van der Waals surface area contributed by atoms with Gasteiger partial charge in [0.15, 0.2) is 0 Å². The van der Waals surface area contributed by atoms with Crippen LogP contribution in [0.25, 0.3) is 11.1 Å². The fourth-order valence-electron chi connectivity index (χ4n) is 4.07. The Kier molecular flexibility index (Phi) is 7.19. The number of fused-ring (bicyclic) bond motifs is 3. The van der Waals surface area contributed by atoms with Crippen molar-refractivity contribution < 1.29 is 24.2 Å². The molecule has 1 aliphatic carbocycles. The number of benzene rings is 3. The third-order valence-electron chi connectivity index (χ3n) is 5.67. The fourth-order valence-corrected chi connectivity index (χ4v) is 5.10. The van der Waals surface area contributed by atoms with Crippen molar-refractivity contribution in [3.05, 3.63) is 89.5 Å². The SMILES string of the molecule is COc1ccccc1CSCC(NC(=O)OCC1c2ccccc2-c2ccccc21)C(=O)O. The largest absolute Gasteiger partial charge is 0.496 e. The molecule has 0 aromatic heterocycles. The highest BCUT2D eigenvalue weighted by Crippen LogP contribution is 2.44. The predicted molar refractivity (Wildman–Crippen MR) is 129 cm³/mol. The number of para-hydroxylation sites is 1. The number of hydrogen-bond acceptors (Lipinski definition) is 5. The number of methoxy groups -OCH3 is 1. The minimum absolute atomic E-state index is 0.0775. The van der Waals surface area contributed by atoms with Crippen molar-refractivity contribution in [3.8, 4) is 16.9 Å². The molecule has 6 nitrogen and oxygen atoms in total. The highest BCUT2D eigenvalue weighted by molar-refractivity contribution is 7.98. The summed E-state index contributed by atoms with van der Waals surface area (Å²) in [4.78, 5) is 24.1. The summed E-state index contributed by atoms with van der Waals surface area (Å²) in [5.41, 5.74) is 5.45. The van der Waals surface area contributed by atoms with Gasteiger partial charge in [0, 0.05) is 23.0 Å². The highest BCUT2D eigenvalue weighted by atomic mass is 32.2. The Hall–Kier alpha value is -3.45. The van der Waals surface area contributed by atoms with Crippen LogP contribution in [-0.2, 0) is 15.3 Å². The molecule has 1 aliphatic rings. The van der Waals surface area contributed by atoms with Gasteiger partial charge in [-0.15, -0.1) is 0 Å². The van der Waals surface area contributed by atoms with Crippen LogP contribution in [0.15, 0.2) is 72.8 Å². The van der Waals surface area contributed by atoms with Crippen molar-refractivity contribution in [2.45, 2.75) is 17.7 Å². The first-order valence-electron chi connectivity index (χ1n) is 10.6. The molecule has 0 bridgehead atoms. The van der Waals surface area contributed by atoms with Gasteiger partial charge in [-0.05, 0) is 28.3 Å². The quantitative estimate of drug-likeness (QED) is 0.469. The van der Waals surface area contributed by atoms with Gasteiger partial charge in [0.25, 0.3) is 0 Å². The molecule has 0 heterocycles. The van der Waals surface area contributed by atoms with Crippen LogP contribution in [0.1, 0.15) is 22.6 Å². The fraction of sp³-hybridized carbons (Fsp3) is 0.231. The lowest BCUT2D eigenvalue weighted by molar-refractivity contribution is -0.138. The highest BCUT2D eigenvalue weighted by Gasteiger charge is 2.29. The monoisotopic (exact) mass is 463 g/mol. The lowest BCUT2D eigenvalue weighted by Gasteiger charge is -2.17. The second-order valence-electron chi connectivity index (χ2n) is 7.69. The number of carboxylic acids is 1. The molecular weight excluding hydrogens is 438 g/mol. The van der Waals surface area contributed by atoms with E-state index in [0.717, 1.165) is 33.6 Å². The molecule has 1 amide bonds. The van der Waals surface area contributed by atoms with Gasteiger partial charge in [-0.1, -0.05) is 66.7 Å². The summed E-state index contributed by atoms with van der Waals surface area (Å²) in [7, 11) is 1.60. The van der Waals surface area contributed by atoms with Crippen LogP contribution in [0.5, 0.6) is 5.75 Å².